The number of sulfonamides is 1. The number of carbonyl (C=O) groups excluding carboxylic acids is 1. The molecule has 4 rings (SSSR count). The summed E-state index contributed by atoms with van der Waals surface area (Å²) in [6.07, 6.45) is 0.232. The van der Waals surface area contributed by atoms with Gasteiger partial charge in [-0.05, 0) is 37.1 Å². The van der Waals surface area contributed by atoms with Gasteiger partial charge in [0.1, 0.15) is 22.9 Å². The van der Waals surface area contributed by atoms with Gasteiger partial charge in [0.05, 0.1) is 26.6 Å². The Bertz CT molecular complexity index is 1500. The number of amides is 1. The molecule has 1 amide bonds. The summed E-state index contributed by atoms with van der Waals surface area (Å²) in [5.74, 6) is -0.373. The second-order valence-electron chi connectivity index (χ2n) is 7.97. The highest BCUT2D eigenvalue weighted by molar-refractivity contribution is 7.90. The highest BCUT2D eigenvalue weighted by Crippen LogP contribution is 2.36. The van der Waals surface area contributed by atoms with Crippen LogP contribution < -0.4 is 18.9 Å². The Hall–Kier alpha value is -4.45. The third kappa shape index (κ3) is 5.92. The summed E-state index contributed by atoms with van der Waals surface area (Å²) in [7, 11) is -1.08. The van der Waals surface area contributed by atoms with Crippen LogP contribution >= 0.6 is 0 Å². The summed E-state index contributed by atoms with van der Waals surface area (Å²) in [6.45, 7) is 2.23. The quantitative estimate of drug-likeness (QED) is 0.306. The molecule has 0 fully saturated rings. The van der Waals surface area contributed by atoms with Crippen LogP contribution in [0.3, 0.4) is 0 Å². The van der Waals surface area contributed by atoms with Gasteiger partial charge in [-0.25, -0.2) is 18.1 Å². The number of nitrogens with zero attached hydrogens (tertiary/aromatic N) is 4. The highest BCUT2D eigenvalue weighted by atomic mass is 32.2. The van der Waals surface area contributed by atoms with Crippen molar-refractivity contribution in [3.8, 4) is 34.6 Å². The zero-order valence-electron chi connectivity index (χ0n) is 21.1. The van der Waals surface area contributed by atoms with Crippen molar-refractivity contribution < 1.29 is 27.4 Å². The number of aromatic nitrogens is 4. The predicted octanol–water partition coefficient (Wildman–Crippen LogP) is 3.05. The van der Waals surface area contributed by atoms with Crippen molar-refractivity contribution in [3.63, 3.8) is 0 Å². The second-order valence-corrected chi connectivity index (χ2v) is 9.82. The minimum absolute atomic E-state index is 0.154. The van der Waals surface area contributed by atoms with E-state index in [0.717, 1.165) is 5.56 Å². The largest absolute Gasteiger partial charge is 0.494 e. The Balaban J connectivity index is 1.78. The topological polar surface area (TPSA) is 135 Å². The lowest BCUT2D eigenvalue weighted by Crippen LogP contribution is -2.35. The molecular weight excluding hydrogens is 510 g/mol. The minimum atomic E-state index is -4.01. The molecule has 2 heterocycles. The van der Waals surface area contributed by atoms with Crippen molar-refractivity contribution in [3.05, 3.63) is 78.1 Å². The third-order valence-electron chi connectivity index (χ3n) is 5.49. The number of ether oxygens (including phenoxy) is 3. The third-order valence-corrected chi connectivity index (χ3v) is 6.72. The fourth-order valence-electron chi connectivity index (χ4n) is 3.76. The van der Waals surface area contributed by atoms with E-state index in [2.05, 4.69) is 19.9 Å². The predicted molar refractivity (Wildman–Crippen MR) is 140 cm³/mol. The summed E-state index contributed by atoms with van der Waals surface area (Å²) in [5.41, 5.74) is 1.46. The zero-order chi connectivity index (χ0) is 27.1. The molecule has 0 aliphatic carbocycles. The van der Waals surface area contributed by atoms with Gasteiger partial charge in [-0.15, -0.1) is 10.2 Å². The number of para-hydroxylation sites is 1. The van der Waals surface area contributed by atoms with Crippen molar-refractivity contribution in [1.29, 1.82) is 0 Å². The fraction of sp³-hybridized carbons (Fsp3) is 0.231. The summed E-state index contributed by atoms with van der Waals surface area (Å²) < 4.78 is 45.7. The van der Waals surface area contributed by atoms with Crippen LogP contribution in [0.25, 0.3) is 17.2 Å². The summed E-state index contributed by atoms with van der Waals surface area (Å²) in [6, 6.07) is 19.2. The maximum absolute atomic E-state index is 13.3. The number of carbonyl (C=O) groups is 1. The Morgan fingerprint density at radius 3 is 2.26 bits per heavy atom. The van der Waals surface area contributed by atoms with Crippen LogP contribution in [0.15, 0.2) is 66.7 Å². The molecule has 12 heteroatoms. The van der Waals surface area contributed by atoms with Gasteiger partial charge >= 0.3 is 5.91 Å². The maximum Gasteiger partial charge on any atom is 0.303 e. The number of aryl methyl sites for hydroxylation is 1. The molecule has 0 radical (unpaired) electrons. The van der Waals surface area contributed by atoms with E-state index in [-0.39, 0.29) is 23.8 Å². The summed E-state index contributed by atoms with van der Waals surface area (Å²) in [4.78, 5) is 17.8. The fourth-order valence-corrected chi connectivity index (χ4v) is 4.74. The molecule has 2 aromatic carbocycles. The first-order chi connectivity index (χ1) is 18.4. The monoisotopic (exact) mass is 537 g/mol. The van der Waals surface area contributed by atoms with Gasteiger partial charge in [0.2, 0.25) is 21.7 Å². The Morgan fingerprint density at radius 1 is 0.921 bits per heavy atom. The molecule has 0 saturated heterocycles. The number of hydrogen-bond donors (Lipinski definition) is 1. The molecule has 0 aliphatic heterocycles. The first kappa shape index (κ1) is 26.6. The van der Waals surface area contributed by atoms with Gasteiger partial charge in [-0.2, -0.15) is 0 Å². The van der Waals surface area contributed by atoms with Gasteiger partial charge in [-0.1, -0.05) is 42.5 Å². The standard InChI is InChI=1S/C26H27N5O6S/c1-4-37-22-15-8-12-19(27-22)24-28-29-25(31(24)23-20(35-2)13-9-14-21(23)36-3)26(32)30-38(33,34)17-16-18-10-6-5-7-11-18/h5-15H,4,16-17H2,1-3H3,(H,30,32). The van der Waals surface area contributed by atoms with E-state index >= 15 is 0 Å². The molecule has 0 saturated carbocycles. The lowest BCUT2D eigenvalue weighted by Gasteiger charge is -2.17. The zero-order valence-corrected chi connectivity index (χ0v) is 21.9. The van der Waals surface area contributed by atoms with Gasteiger partial charge in [0.15, 0.2) is 5.82 Å². The average molecular weight is 538 g/mol. The lowest BCUT2D eigenvalue weighted by atomic mass is 10.2. The van der Waals surface area contributed by atoms with Crippen molar-refractivity contribution in [2.45, 2.75) is 13.3 Å². The van der Waals surface area contributed by atoms with E-state index in [0.29, 0.717) is 35.4 Å². The minimum Gasteiger partial charge on any atom is -0.494 e. The number of pyridine rings is 1. The van der Waals surface area contributed by atoms with Gasteiger partial charge in [-0.3, -0.25) is 9.36 Å². The number of rotatable bonds is 11. The van der Waals surface area contributed by atoms with E-state index in [4.69, 9.17) is 14.2 Å². The van der Waals surface area contributed by atoms with E-state index in [1.54, 1.807) is 36.4 Å². The molecule has 198 valence electrons. The van der Waals surface area contributed by atoms with Crippen molar-refractivity contribution in [2.75, 3.05) is 26.6 Å². The molecular formula is C26H27N5O6S. The van der Waals surface area contributed by atoms with E-state index in [1.807, 2.05) is 37.3 Å². The van der Waals surface area contributed by atoms with Gasteiger partial charge in [0, 0.05) is 6.07 Å². The average Bonchev–Trinajstić information content (AvgIpc) is 3.37. The van der Waals surface area contributed by atoms with Crippen molar-refractivity contribution in [2.24, 2.45) is 0 Å². The highest BCUT2D eigenvalue weighted by Gasteiger charge is 2.29. The molecule has 0 bridgehead atoms. The van der Waals surface area contributed by atoms with E-state index in [1.165, 1.54) is 18.8 Å². The number of hydrogen-bond acceptors (Lipinski definition) is 9. The SMILES string of the molecule is CCOc1cccc(-c2nnc(C(=O)NS(=O)(=O)CCc3ccccc3)n2-c2c(OC)cccc2OC)n1. The molecule has 38 heavy (non-hydrogen) atoms. The Morgan fingerprint density at radius 2 is 1.61 bits per heavy atom. The lowest BCUT2D eigenvalue weighted by molar-refractivity contribution is 0.0969. The Labute approximate surface area is 220 Å². The molecule has 1 N–H and O–H groups in total. The van der Waals surface area contributed by atoms with Crippen LogP contribution in [-0.2, 0) is 16.4 Å². The van der Waals surface area contributed by atoms with Crippen LogP contribution in [0.5, 0.6) is 17.4 Å². The summed E-state index contributed by atoms with van der Waals surface area (Å²) >= 11 is 0. The maximum atomic E-state index is 13.3. The van der Waals surface area contributed by atoms with Gasteiger partial charge in [0.25, 0.3) is 0 Å². The molecule has 2 aromatic heterocycles. The van der Waals surface area contributed by atoms with E-state index < -0.39 is 15.9 Å². The normalized spacial score (nSPS) is 11.1. The molecule has 0 atom stereocenters. The van der Waals surface area contributed by atoms with Crippen LogP contribution in [0.2, 0.25) is 0 Å². The first-order valence-electron chi connectivity index (χ1n) is 11.7. The molecule has 0 aliphatic rings. The second kappa shape index (κ2) is 11.7. The van der Waals surface area contributed by atoms with Crippen molar-refractivity contribution in [1.82, 2.24) is 24.5 Å². The van der Waals surface area contributed by atoms with Crippen LogP contribution in [0.4, 0.5) is 0 Å². The van der Waals surface area contributed by atoms with Gasteiger partial charge < -0.3 is 14.2 Å². The first-order valence-corrected chi connectivity index (χ1v) is 13.4. The Kier molecular flexibility index (Phi) is 8.22. The van der Waals surface area contributed by atoms with Crippen LogP contribution in [0.1, 0.15) is 23.1 Å². The number of benzene rings is 2. The van der Waals surface area contributed by atoms with E-state index in [9.17, 15) is 13.2 Å². The van der Waals surface area contributed by atoms with Crippen LogP contribution in [-0.4, -0.2) is 60.7 Å². The molecule has 0 unspecified atom stereocenters. The molecule has 11 nitrogen and oxygen atoms in total. The smallest absolute Gasteiger partial charge is 0.303 e. The van der Waals surface area contributed by atoms with Crippen molar-refractivity contribution >= 4 is 15.9 Å². The summed E-state index contributed by atoms with van der Waals surface area (Å²) in [5, 5.41) is 8.23. The molecule has 0 spiro atoms. The van der Waals surface area contributed by atoms with Crippen LogP contribution in [0, 0.1) is 0 Å². The molecule has 4 aromatic rings. The number of nitrogens with one attached hydrogen (secondary N) is 1. The number of methoxy groups -OCH3 is 2.